The topological polar surface area (TPSA) is 84.2 Å². The van der Waals surface area contributed by atoms with Crippen molar-refractivity contribution in [1.82, 2.24) is 15.2 Å². The van der Waals surface area contributed by atoms with Crippen molar-refractivity contribution in [2.24, 2.45) is 0 Å². The van der Waals surface area contributed by atoms with E-state index in [-0.39, 0.29) is 11.8 Å². The lowest BCUT2D eigenvalue weighted by atomic mass is 10.1. The monoisotopic (exact) mass is 275 g/mol. The highest BCUT2D eigenvalue weighted by molar-refractivity contribution is 7.89. The number of aromatic nitrogens is 1. The SMILES string of the molecule is CCNCCS(=O)(=O)NC(C)c1c(C)noc1C. The third-order valence-electron chi connectivity index (χ3n) is 2.68. The molecule has 0 amide bonds. The molecule has 1 unspecified atom stereocenters. The molecular weight excluding hydrogens is 254 g/mol. The van der Waals surface area contributed by atoms with E-state index in [9.17, 15) is 8.42 Å². The fourth-order valence-corrected chi connectivity index (χ4v) is 3.07. The number of sulfonamides is 1. The molecule has 0 aliphatic carbocycles. The minimum atomic E-state index is -3.29. The molecule has 1 aromatic rings. The maximum atomic E-state index is 11.8. The first-order chi connectivity index (χ1) is 8.37. The fourth-order valence-electron chi connectivity index (χ4n) is 1.88. The predicted molar refractivity (Wildman–Crippen MR) is 69.9 cm³/mol. The Hall–Kier alpha value is -0.920. The molecule has 104 valence electrons. The van der Waals surface area contributed by atoms with E-state index >= 15 is 0 Å². The van der Waals surface area contributed by atoms with Crippen LogP contribution >= 0.6 is 0 Å². The van der Waals surface area contributed by atoms with E-state index in [1.807, 2.05) is 6.92 Å². The van der Waals surface area contributed by atoms with Crippen molar-refractivity contribution in [3.8, 4) is 0 Å². The molecule has 0 fully saturated rings. The van der Waals surface area contributed by atoms with Gasteiger partial charge in [-0.25, -0.2) is 13.1 Å². The summed E-state index contributed by atoms with van der Waals surface area (Å²) < 4.78 is 31.3. The van der Waals surface area contributed by atoms with Crippen LogP contribution in [0, 0.1) is 13.8 Å². The number of nitrogens with one attached hydrogen (secondary N) is 2. The van der Waals surface area contributed by atoms with Gasteiger partial charge in [0, 0.05) is 18.2 Å². The zero-order valence-electron chi connectivity index (χ0n) is 11.3. The van der Waals surface area contributed by atoms with Gasteiger partial charge >= 0.3 is 0 Å². The van der Waals surface area contributed by atoms with Crippen LogP contribution in [0.2, 0.25) is 0 Å². The van der Waals surface area contributed by atoms with Crippen molar-refractivity contribution >= 4 is 10.0 Å². The molecule has 1 aromatic heterocycles. The first-order valence-electron chi connectivity index (χ1n) is 6.01. The van der Waals surface area contributed by atoms with Crippen molar-refractivity contribution < 1.29 is 12.9 Å². The van der Waals surface area contributed by atoms with Crippen LogP contribution in [0.1, 0.15) is 36.9 Å². The third-order valence-corrected chi connectivity index (χ3v) is 4.13. The molecule has 0 aliphatic heterocycles. The average molecular weight is 275 g/mol. The zero-order valence-corrected chi connectivity index (χ0v) is 12.1. The Kier molecular flexibility index (Phi) is 5.30. The Balaban J connectivity index is 2.67. The Morgan fingerprint density at radius 2 is 2.06 bits per heavy atom. The van der Waals surface area contributed by atoms with Crippen LogP contribution in [-0.4, -0.2) is 32.4 Å². The van der Waals surface area contributed by atoms with Gasteiger partial charge in [0.1, 0.15) is 5.76 Å². The molecule has 0 bridgehead atoms. The summed E-state index contributed by atoms with van der Waals surface area (Å²) in [5.41, 5.74) is 1.52. The van der Waals surface area contributed by atoms with Gasteiger partial charge in [0.25, 0.3) is 0 Å². The van der Waals surface area contributed by atoms with Crippen molar-refractivity contribution in [3.63, 3.8) is 0 Å². The Bertz CT molecular complexity index is 462. The number of rotatable bonds is 7. The molecule has 7 heteroatoms. The van der Waals surface area contributed by atoms with Crippen LogP contribution in [0.15, 0.2) is 4.52 Å². The second-order valence-corrected chi connectivity index (χ2v) is 6.12. The van der Waals surface area contributed by atoms with Gasteiger partial charge in [0.2, 0.25) is 10.0 Å². The molecule has 1 rings (SSSR count). The summed E-state index contributed by atoms with van der Waals surface area (Å²) in [5, 5.41) is 6.81. The van der Waals surface area contributed by atoms with Crippen molar-refractivity contribution in [1.29, 1.82) is 0 Å². The van der Waals surface area contributed by atoms with E-state index < -0.39 is 10.0 Å². The molecule has 1 atom stereocenters. The Morgan fingerprint density at radius 1 is 1.39 bits per heavy atom. The van der Waals surface area contributed by atoms with Crippen molar-refractivity contribution in [2.45, 2.75) is 33.7 Å². The van der Waals surface area contributed by atoms with Gasteiger partial charge in [-0.15, -0.1) is 0 Å². The fraction of sp³-hybridized carbons (Fsp3) is 0.727. The van der Waals surface area contributed by atoms with E-state index in [2.05, 4.69) is 15.2 Å². The lowest BCUT2D eigenvalue weighted by Crippen LogP contribution is -2.33. The van der Waals surface area contributed by atoms with E-state index in [0.717, 1.165) is 17.8 Å². The highest BCUT2D eigenvalue weighted by Gasteiger charge is 2.21. The maximum absolute atomic E-state index is 11.8. The standard InChI is InChI=1S/C11H21N3O3S/c1-5-12-6-7-18(15,16)14-9(3)11-8(2)13-17-10(11)4/h9,12,14H,5-7H2,1-4H3. The number of aryl methyl sites for hydroxylation is 2. The summed E-state index contributed by atoms with van der Waals surface area (Å²) in [7, 11) is -3.29. The van der Waals surface area contributed by atoms with Gasteiger partial charge < -0.3 is 9.84 Å². The summed E-state index contributed by atoms with van der Waals surface area (Å²) in [5.74, 6) is 0.712. The first kappa shape index (κ1) is 15.1. The summed E-state index contributed by atoms with van der Waals surface area (Å²) in [6.45, 7) is 8.51. The highest BCUT2D eigenvalue weighted by Crippen LogP contribution is 2.21. The molecule has 2 N–H and O–H groups in total. The Morgan fingerprint density at radius 3 is 2.56 bits per heavy atom. The lowest BCUT2D eigenvalue weighted by Gasteiger charge is -2.14. The Labute approximate surface area is 108 Å². The minimum Gasteiger partial charge on any atom is -0.361 e. The molecule has 0 spiro atoms. The van der Waals surface area contributed by atoms with Gasteiger partial charge in [-0.1, -0.05) is 12.1 Å². The molecular formula is C11H21N3O3S. The summed E-state index contributed by atoms with van der Waals surface area (Å²) in [4.78, 5) is 0. The largest absolute Gasteiger partial charge is 0.361 e. The van der Waals surface area contributed by atoms with E-state index in [1.165, 1.54) is 0 Å². The predicted octanol–water partition coefficient (Wildman–Crippen LogP) is 0.881. The normalized spacial score (nSPS) is 13.8. The second kappa shape index (κ2) is 6.31. The third kappa shape index (κ3) is 4.08. The molecule has 0 aromatic carbocycles. The summed E-state index contributed by atoms with van der Waals surface area (Å²) >= 11 is 0. The van der Waals surface area contributed by atoms with Crippen molar-refractivity contribution in [2.75, 3.05) is 18.8 Å². The van der Waals surface area contributed by atoms with Crippen molar-refractivity contribution in [3.05, 3.63) is 17.0 Å². The van der Waals surface area contributed by atoms with Crippen LogP contribution in [0.4, 0.5) is 0 Å². The number of nitrogens with zero attached hydrogens (tertiary/aromatic N) is 1. The zero-order chi connectivity index (χ0) is 13.8. The minimum absolute atomic E-state index is 0.0640. The molecule has 1 heterocycles. The molecule has 0 saturated heterocycles. The van der Waals surface area contributed by atoms with Crippen LogP contribution in [0.3, 0.4) is 0 Å². The van der Waals surface area contributed by atoms with Gasteiger partial charge in [-0.3, -0.25) is 0 Å². The van der Waals surface area contributed by atoms with E-state index in [0.29, 0.717) is 12.3 Å². The quantitative estimate of drug-likeness (QED) is 0.722. The van der Waals surface area contributed by atoms with Gasteiger partial charge in [0.15, 0.2) is 0 Å². The van der Waals surface area contributed by atoms with E-state index in [4.69, 9.17) is 4.52 Å². The molecule has 0 aliphatic rings. The second-order valence-electron chi connectivity index (χ2n) is 4.25. The first-order valence-corrected chi connectivity index (χ1v) is 7.66. The van der Waals surface area contributed by atoms with Crippen LogP contribution in [0.25, 0.3) is 0 Å². The average Bonchev–Trinajstić information content (AvgIpc) is 2.58. The lowest BCUT2D eigenvalue weighted by molar-refractivity contribution is 0.391. The molecule has 0 radical (unpaired) electrons. The maximum Gasteiger partial charge on any atom is 0.213 e. The number of hydrogen-bond acceptors (Lipinski definition) is 5. The summed E-state index contributed by atoms with van der Waals surface area (Å²) in [6, 6.07) is -0.331. The molecule has 6 nitrogen and oxygen atoms in total. The smallest absolute Gasteiger partial charge is 0.213 e. The molecule has 18 heavy (non-hydrogen) atoms. The van der Waals surface area contributed by atoms with Gasteiger partial charge in [-0.2, -0.15) is 0 Å². The highest BCUT2D eigenvalue weighted by atomic mass is 32.2. The van der Waals surface area contributed by atoms with Crippen LogP contribution < -0.4 is 10.0 Å². The van der Waals surface area contributed by atoms with Gasteiger partial charge in [0.05, 0.1) is 11.4 Å². The number of hydrogen-bond donors (Lipinski definition) is 2. The van der Waals surface area contributed by atoms with Crippen LogP contribution in [-0.2, 0) is 10.0 Å². The van der Waals surface area contributed by atoms with Crippen LogP contribution in [0.5, 0.6) is 0 Å². The summed E-state index contributed by atoms with van der Waals surface area (Å²) in [6.07, 6.45) is 0. The van der Waals surface area contributed by atoms with Gasteiger partial charge in [-0.05, 0) is 27.3 Å². The van der Waals surface area contributed by atoms with E-state index in [1.54, 1.807) is 20.8 Å². The molecule has 0 saturated carbocycles.